The van der Waals surface area contributed by atoms with Crippen molar-refractivity contribution in [1.82, 2.24) is 4.90 Å². The minimum Gasteiger partial charge on any atom is -0.325 e. The van der Waals surface area contributed by atoms with E-state index in [2.05, 4.69) is 5.32 Å². The predicted octanol–water partition coefficient (Wildman–Crippen LogP) is 3.16. The van der Waals surface area contributed by atoms with Crippen LogP contribution in [0.4, 0.5) is 18.9 Å². The van der Waals surface area contributed by atoms with Gasteiger partial charge in [0.2, 0.25) is 5.91 Å². The van der Waals surface area contributed by atoms with Crippen LogP contribution in [-0.4, -0.2) is 36.6 Å². The lowest BCUT2D eigenvalue weighted by molar-refractivity contribution is -0.186. The molecule has 0 radical (unpaired) electrons. The molecule has 1 atom stereocenters. The first-order valence-corrected chi connectivity index (χ1v) is 7.48. The van der Waals surface area contributed by atoms with Gasteiger partial charge in [0.15, 0.2) is 0 Å². The number of nitrogens with zero attached hydrogens (tertiary/aromatic N) is 2. The van der Waals surface area contributed by atoms with Gasteiger partial charge in [-0.2, -0.15) is 18.4 Å². The largest absolute Gasteiger partial charge is 0.393 e. The van der Waals surface area contributed by atoms with Gasteiger partial charge in [-0.3, -0.25) is 4.79 Å². The highest BCUT2D eigenvalue weighted by atomic mass is 19.4. The lowest BCUT2D eigenvalue weighted by atomic mass is 9.97. The van der Waals surface area contributed by atoms with Crippen LogP contribution in [0.25, 0.3) is 0 Å². The Labute approximate surface area is 132 Å². The van der Waals surface area contributed by atoms with Crippen molar-refractivity contribution < 1.29 is 18.0 Å². The van der Waals surface area contributed by atoms with Crippen LogP contribution in [-0.2, 0) is 4.79 Å². The van der Waals surface area contributed by atoms with E-state index >= 15 is 0 Å². The first-order valence-electron chi connectivity index (χ1n) is 7.48. The van der Waals surface area contributed by atoms with Gasteiger partial charge in [0.25, 0.3) is 0 Å². The SMILES string of the molecule is N#Cc1ccccc1NC(=O)CCN1CCC[C@H](C(F)(F)F)C1. The normalized spacial score (nSPS) is 19.1. The summed E-state index contributed by atoms with van der Waals surface area (Å²) in [4.78, 5) is 13.6. The third kappa shape index (κ3) is 4.96. The number of para-hydroxylation sites is 1. The molecule has 1 N–H and O–H groups in total. The number of piperidine rings is 1. The van der Waals surface area contributed by atoms with Gasteiger partial charge in [-0.15, -0.1) is 0 Å². The zero-order valence-electron chi connectivity index (χ0n) is 12.6. The molecule has 7 heteroatoms. The Balaban J connectivity index is 1.84. The van der Waals surface area contributed by atoms with Crippen LogP contribution < -0.4 is 5.32 Å². The van der Waals surface area contributed by atoms with Crippen LogP contribution in [0.2, 0.25) is 0 Å². The summed E-state index contributed by atoms with van der Waals surface area (Å²) in [5.41, 5.74) is 0.780. The maximum atomic E-state index is 12.7. The molecule has 1 aliphatic heterocycles. The first-order chi connectivity index (χ1) is 10.9. The molecule has 1 amide bonds. The number of alkyl halides is 3. The van der Waals surface area contributed by atoms with Crippen LogP contribution in [0.1, 0.15) is 24.8 Å². The fourth-order valence-corrected chi connectivity index (χ4v) is 2.69. The number of nitriles is 1. The van der Waals surface area contributed by atoms with Gasteiger partial charge in [-0.05, 0) is 31.5 Å². The molecule has 23 heavy (non-hydrogen) atoms. The molecule has 1 aliphatic rings. The zero-order chi connectivity index (χ0) is 16.9. The molecule has 0 spiro atoms. The van der Waals surface area contributed by atoms with Crippen LogP contribution in [0, 0.1) is 17.2 Å². The summed E-state index contributed by atoms with van der Waals surface area (Å²) in [6.07, 6.45) is -3.43. The minimum atomic E-state index is -4.17. The van der Waals surface area contributed by atoms with Gasteiger partial charge in [0.05, 0.1) is 17.2 Å². The number of nitrogens with one attached hydrogen (secondary N) is 1. The minimum absolute atomic E-state index is 0.0500. The van der Waals surface area contributed by atoms with Crippen LogP contribution in [0.3, 0.4) is 0 Å². The van der Waals surface area contributed by atoms with Crippen molar-refractivity contribution in [1.29, 1.82) is 5.26 Å². The Bertz CT molecular complexity index is 595. The van der Waals surface area contributed by atoms with Crippen LogP contribution >= 0.6 is 0 Å². The number of carbonyl (C=O) groups is 1. The van der Waals surface area contributed by atoms with E-state index in [0.29, 0.717) is 24.2 Å². The average molecular weight is 325 g/mol. The molecule has 1 aromatic carbocycles. The van der Waals surface area contributed by atoms with Gasteiger partial charge in [0, 0.05) is 19.5 Å². The smallest absolute Gasteiger partial charge is 0.325 e. The second kappa shape index (κ2) is 7.47. The lowest BCUT2D eigenvalue weighted by Crippen LogP contribution is -2.42. The Kier molecular flexibility index (Phi) is 5.61. The summed E-state index contributed by atoms with van der Waals surface area (Å²) in [5, 5.41) is 11.6. The molecule has 0 aromatic heterocycles. The maximum absolute atomic E-state index is 12.7. The van der Waals surface area contributed by atoms with Gasteiger partial charge in [-0.1, -0.05) is 12.1 Å². The van der Waals surface area contributed by atoms with Crippen molar-refractivity contribution in [2.45, 2.75) is 25.4 Å². The van der Waals surface area contributed by atoms with Crippen molar-refractivity contribution in [3.8, 4) is 6.07 Å². The monoisotopic (exact) mass is 325 g/mol. The van der Waals surface area contributed by atoms with Crippen molar-refractivity contribution in [2.75, 3.05) is 25.0 Å². The zero-order valence-corrected chi connectivity index (χ0v) is 12.6. The fourth-order valence-electron chi connectivity index (χ4n) is 2.69. The molecule has 1 aromatic rings. The molecule has 0 saturated carbocycles. The van der Waals surface area contributed by atoms with Crippen LogP contribution in [0.15, 0.2) is 24.3 Å². The lowest BCUT2D eigenvalue weighted by Gasteiger charge is -2.33. The van der Waals surface area contributed by atoms with E-state index in [9.17, 15) is 18.0 Å². The van der Waals surface area contributed by atoms with E-state index in [1.54, 1.807) is 29.2 Å². The second-order valence-electron chi connectivity index (χ2n) is 5.64. The standard InChI is InChI=1S/C16H18F3N3O/c17-16(18,19)13-5-3-8-22(11-13)9-7-15(23)21-14-6-2-1-4-12(14)10-20/h1-2,4,6,13H,3,5,7-9,11H2,(H,21,23)/t13-/m0/s1. The van der Waals surface area contributed by atoms with Crippen molar-refractivity contribution in [3.05, 3.63) is 29.8 Å². The summed E-state index contributed by atoms with van der Waals surface area (Å²) in [6, 6.07) is 8.59. The highest BCUT2D eigenvalue weighted by Crippen LogP contribution is 2.33. The van der Waals surface area contributed by atoms with E-state index in [1.165, 1.54) is 0 Å². The third-order valence-corrected chi connectivity index (χ3v) is 3.95. The number of anilines is 1. The molecule has 0 bridgehead atoms. The number of likely N-dealkylation sites (tertiary alicyclic amines) is 1. The fraction of sp³-hybridized carbons (Fsp3) is 0.500. The molecule has 4 nitrogen and oxygen atoms in total. The quantitative estimate of drug-likeness (QED) is 0.925. The Hall–Kier alpha value is -2.07. The van der Waals surface area contributed by atoms with Crippen molar-refractivity contribution >= 4 is 11.6 Å². The first kappa shape index (κ1) is 17.3. The maximum Gasteiger partial charge on any atom is 0.393 e. The van der Waals surface area contributed by atoms with E-state index in [4.69, 9.17) is 5.26 Å². The Morgan fingerprint density at radius 1 is 1.39 bits per heavy atom. The summed E-state index contributed by atoms with van der Waals surface area (Å²) in [5.74, 6) is -1.61. The summed E-state index contributed by atoms with van der Waals surface area (Å²) in [6.45, 7) is 0.813. The number of carbonyl (C=O) groups excluding carboxylic acids is 1. The molecule has 1 fully saturated rings. The summed E-state index contributed by atoms with van der Waals surface area (Å²) < 4.78 is 38.2. The average Bonchev–Trinajstić information content (AvgIpc) is 2.53. The van der Waals surface area contributed by atoms with E-state index in [-0.39, 0.29) is 31.8 Å². The molecule has 1 saturated heterocycles. The summed E-state index contributed by atoms with van der Waals surface area (Å²) >= 11 is 0. The molecular weight excluding hydrogens is 307 g/mol. The van der Waals surface area contributed by atoms with Gasteiger partial charge in [-0.25, -0.2) is 0 Å². The highest BCUT2D eigenvalue weighted by Gasteiger charge is 2.41. The Morgan fingerprint density at radius 3 is 2.83 bits per heavy atom. The van der Waals surface area contributed by atoms with E-state index in [1.807, 2.05) is 6.07 Å². The number of amides is 1. The number of benzene rings is 1. The molecule has 0 unspecified atom stereocenters. The number of rotatable bonds is 4. The van der Waals surface area contributed by atoms with Gasteiger partial charge in [0.1, 0.15) is 6.07 Å². The number of halogens is 3. The summed E-state index contributed by atoms with van der Waals surface area (Å²) in [7, 11) is 0. The predicted molar refractivity (Wildman–Crippen MR) is 79.6 cm³/mol. The molecule has 124 valence electrons. The van der Waals surface area contributed by atoms with Gasteiger partial charge >= 0.3 is 6.18 Å². The Morgan fingerprint density at radius 2 is 2.13 bits per heavy atom. The van der Waals surface area contributed by atoms with Crippen molar-refractivity contribution in [2.24, 2.45) is 5.92 Å². The third-order valence-electron chi connectivity index (χ3n) is 3.95. The molecule has 2 rings (SSSR count). The molecular formula is C16H18F3N3O. The van der Waals surface area contributed by atoms with E-state index in [0.717, 1.165) is 0 Å². The number of hydrogen-bond donors (Lipinski definition) is 1. The second-order valence-corrected chi connectivity index (χ2v) is 5.64. The molecule has 1 heterocycles. The highest BCUT2D eigenvalue weighted by molar-refractivity contribution is 5.92. The topological polar surface area (TPSA) is 56.1 Å². The molecule has 0 aliphatic carbocycles. The van der Waals surface area contributed by atoms with Crippen LogP contribution in [0.5, 0.6) is 0 Å². The van der Waals surface area contributed by atoms with E-state index < -0.39 is 12.1 Å². The van der Waals surface area contributed by atoms with Crippen molar-refractivity contribution in [3.63, 3.8) is 0 Å². The van der Waals surface area contributed by atoms with Gasteiger partial charge < -0.3 is 10.2 Å². The number of hydrogen-bond acceptors (Lipinski definition) is 3.